The van der Waals surface area contributed by atoms with Crippen LogP contribution in [0.3, 0.4) is 0 Å². The Hall–Kier alpha value is -1.66. The molecule has 1 atom stereocenters. The van der Waals surface area contributed by atoms with E-state index in [1.54, 1.807) is 6.92 Å². The summed E-state index contributed by atoms with van der Waals surface area (Å²) in [5.74, 6) is -0.365. The first-order chi connectivity index (χ1) is 10.5. The van der Waals surface area contributed by atoms with Gasteiger partial charge in [-0.2, -0.15) is 0 Å². The zero-order valence-corrected chi connectivity index (χ0v) is 13.1. The van der Waals surface area contributed by atoms with Gasteiger partial charge in [-0.15, -0.1) is 0 Å². The Balaban J connectivity index is 1.80. The van der Waals surface area contributed by atoms with Crippen LogP contribution in [0.1, 0.15) is 41.9 Å². The van der Waals surface area contributed by atoms with Crippen LogP contribution in [0.2, 0.25) is 0 Å². The molecule has 0 bridgehead atoms. The van der Waals surface area contributed by atoms with Crippen LogP contribution in [0.15, 0.2) is 16.9 Å². The molecule has 1 aromatic heterocycles. The summed E-state index contributed by atoms with van der Waals surface area (Å²) in [5.41, 5.74) is 0.668. The molecule has 1 saturated heterocycles. The van der Waals surface area contributed by atoms with Gasteiger partial charge in [-0.25, -0.2) is 0 Å². The van der Waals surface area contributed by atoms with Crippen molar-refractivity contribution < 1.29 is 9.90 Å². The number of aromatic amines is 1. The molecule has 2 heterocycles. The third-order valence-electron chi connectivity index (χ3n) is 3.89. The van der Waals surface area contributed by atoms with Gasteiger partial charge in [-0.05, 0) is 32.9 Å². The normalized spacial score (nSPS) is 17.7. The lowest BCUT2D eigenvalue weighted by molar-refractivity contribution is 0.0858. The molecule has 22 heavy (non-hydrogen) atoms. The van der Waals surface area contributed by atoms with E-state index in [4.69, 9.17) is 0 Å². The second-order valence-corrected chi connectivity index (χ2v) is 5.99. The van der Waals surface area contributed by atoms with Crippen LogP contribution in [0.5, 0.6) is 0 Å². The third-order valence-corrected chi connectivity index (χ3v) is 3.89. The van der Waals surface area contributed by atoms with Crippen molar-refractivity contribution in [2.75, 3.05) is 26.2 Å². The molecular weight excluding hydrogens is 282 g/mol. The smallest absolute Gasteiger partial charge is 0.267 e. The molecule has 6 nitrogen and oxygen atoms in total. The van der Waals surface area contributed by atoms with Gasteiger partial charge in [0.05, 0.1) is 6.10 Å². The SMILES string of the molecule is Cc1cc(=O)cc(C(=O)NC[C@@H](O)CN2CCCCCC2)[nH]1. The number of carbonyl (C=O) groups excluding carboxylic acids is 1. The molecule has 0 saturated carbocycles. The standard InChI is InChI=1S/C16H25N3O3/c1-12-8-13(20)9-15(18-12)16(22)17-10-14(21)11-19-6-4-2-3-5-7-19/h8-9,14,21H,2-7,10-11H2,1H3,(H,17,22)(H,18,20)/t14-/m1/s1. The van der Waals surface area contributed by atoms with Gasteiger partial charge < -0.3 is 20.3 Å². The highest BCUT2D eigenvalue weighted by molar-refractivity contribution is 5.92. The van der Waals surface area contributed by atoms with Crippen molar-refractivity contribution in [2.24, 2.45) is 0 Å². The van der Waals surface area contributed by atoms with E-state index < -0.39 is 6.10 Å². The monoisotopic (exact) mass is 307 g/mol. The number of aromatic nitrogens is 1. The van der Waals surface area contributed by atoms with E-state index in [1.165, 1.54) is 37.8 Å². The van der Waals surface area contributed by atoms with Crippen molar-refractivity contribution >= 4 is 5.91 Å². The quantitative estimate of drug-likeness (QED) is 0.745. The summed E-state index contributed by atoms with van der Waals surface area (Å²) in [6, 6.07) is 2.70. The first-order valence-electron chi connectivity index (χ1n) is 7.94. The topological polar surface area (TPSA) is 85.4 Å². The number of carbonyl (C=O) groups is 1. The van der Waals surface area contributed by atoms with Crippen molar-refractivity contribution in [3.8, 4) is 0 Å². The Morgan fingerprint density at radius 2 is 2.00 bits per heavy atom. The number of hydrogen-bond acceptors (Lipinski definition) is 4. The van der Waals surface area contributed by atoms with E-state index in [1.807, 2.05) is 0 Å². The average molecular weight is 307 g/mol. The zero-order chi connectivity index (χ0) is 15.9. The molecule has 1 aliphatic rings. The van der Waals surface area contributed by atoms with Crippen LogP contribution in [0.4, 0.5) is 0 Å². The molecule has 1 amide bonds. The van der Waals surface area contributed by atoms with Gasteiger partial charge in [-0.1, -0.05) is 12.8 Å². The van der Waals surface area contributed by atoms with Gasteiger partial charge in [0.1, 0.15) is 5.69 Å². The summed E-state index contributed by atoms with van der Waals surface area (Å²) in [5, 5.41) is 12.7. The summed E-state index contributed by atoms with van der Waals surface area (Å²) >= 11 is 0. The predicted octanol–water partition coefficient (Wildman–Crippen LogP) is 0.650. The number of aryl methyl sites for hydroxylation is 1. The fourth-order valence-electron chi connectivity index (χ4n) is 2.79. The van der Waals surface area contributed by atoms with Crippen molar-refractivity contribution in [2.45, 2.75) is 38.7 Å². The highest BCUT2D eigenvalue weighted by Gasteiger charge is 2.15. The fourth-order valence-corrected chi connectivity index (χ4v) is 2.79. The molecule has 2 rings (SSSR count). The first kappa shape index (κ1) is 16.7. The lowest BCUT2D eigenvalue weighted by Crippen LogP contribution is -2.40. The fraction of sp³-hybridized carbons (Fsp3) is 0.625. The van der Waals surface area contributed by atoms with E-state index in [-0.39, 0.29) is 23.6 Å². The van der Waals surface area contributed by atoms with Gasteiger partial charge in [0.15, 0.2) is 5.43 Å². The number of hydrogen-bond donors (Lipinski definition) is 3. The minimum Gasteiger partial charge on any atom is -0.390 e. The van der Waals surface area contributed by atoms with Crippen LogP contribution in [-0.2, 0) is 0 Å². The lowest BCUT2D eigenvalue weighted by Gasteiger charge is -2.23. The van der Waals surface area contributed by atoms with E-state index in [9.17, 15) is 14.7 Å². The van der Waals surface area contributed by atoms with E-state index in [0.29, 0.717) is 12.2 Å². The van der Waals surface area contributed by atoms with Crippen molar-refractivity contribution in [1.82, 2.24) is 15.2 Å². The molecule has 0 unspecified atom stereocenters. The molecule has 0 spiro atoms. The van der Waals surface area contributed by atoms with Crippen LogP contribution in [0, 0.1) is 6.92 Å². The molecule has 3 N–H and O–H groups in total. The molecular formula is C16H25N3O3. The number of nitrogens with one attached hydrogen (secondary N) is 2. The Morgan fingerprint density at radius 1 is 1.32 bits per heavy atom. The second kappa shape index (κ2) is 8.10. The van der Waals surface area contributed by atoms with Crippen LogP contribution in [0.25, 0.3) is 0 Å². The van der Waals surface area contributed by atoms with Crippen molar-refractivity contribution in [1.29, 1.82) is 0 Å². The van der Waals surface area contributed by atoms with E-state index in [0.717, 1.165) is 13.1 Å². The minimum absolute atomic E-state index is 0.186. The van der Waals surface area contributed by atoms with Gasteiger partial charge in [-0.3, -0.25) is 9.59 Å². The number of aliphatic hydroxyl groups excluding tert-OH is 1. The molecule has 122 valence electrons. The second-order valence-electron chi connectivity index (χ2n) is 5.99. The lowest BCUT2D eigenvalue weighted by atomic mass is 10.2. The number of rotatable bonds is 5. The molecule has 0 radical (unpaired) electrons. The summed E-state index contributed by atoms with van der Waals surface area (Å²) in [6.45, 7) is 4.51. The third kappa shape index (κ3) is 5.27. The van der Waals surface area contributed by atoms with Crippen LogP contribution >= 0.6 is 0 Å². The Kier molecular flexibility index (Phi) is 6.15. The predicted molar refractivity (Wildman–Crippen MR) is 85.0 cm³/mol. The van der Waals surface area contributed by atoms with Crippen LogP contribution in [-0.4, -0.2) is 53.2 Å². The summed E-state index contributed by atoms with van der Waals surface area (Å²) in [7, 11) is 0. The maximum atomic E-state index is 12.0. The summed E-state index contributed by atoms with van der Waals surface area (Å²) in [4.78, 5) is 28.5. The number of H-pyrrole nitrogens is 1. The van der Waals surface area contributed by atoms with Crippen molar-refractivity contribution in [3.05, 3.63) is 33.7 Å². The molecule has 1 aliphatic heterocycles. The largest absolute Gasteiger partial charge is 0.390 e. The molecule has 0 aromatic carbocycles. The number of likely N-dealkylation sites (tertiary alicyclic amines) is 1. The van der Waals surface area contributed by atoms with Gasteiger partial charge in [0, 0.05) is 30.9 Å². The molecule has 1 fully saturated rings. The number of amides is 1. The number of pyridine rings is 1. The van der Waals surface area contributed by atoms with Gasteiger partial charge in [0.25, 0.3) is 5.91 Å². The van der Waals surface area contributed by atoms with E-state index in [2.05, 4.69) is 15.2 Å². The molecule has 1 aromatic rings. The van der Waals surface area contributed by atoms with Gasteiger partial charge in [0.2, 0.25) is 0 Å². The van der Waals surface area contributed by atoms with E-state index >= 15 is 0 Å². The maximum absolute atomic E-state index is 12.0. The minimum atomic E-state index is -0.599. The van der Waals surface area contributed by atoms with Crippen LogP contribution < -0.4 is 10.7 Å². The number of aliphatic hydroxyl groups is 1. The average Bonchev–Trinajstić information content (AvgIpc) is 2.72. The van der Waals surface area contributed by atoms with Crippen molar-refractivity contribution in [3.63, 3.8) is 0 Å². The number of β-amino-alcohol motifs (C(OH)–C–C–N with tert-alkyl or cyclic N) is 1. The Bertz CT molecular complexity index is 548. The first-order valence-corrected chi connectivity index (χ1v) is 7.94. The highest BCUT2D eigenvalue weighted by Crippen LogP contribution is 2.09. The molecule has 6 heteroatoms. The summed E-state index contributed by atoms with van der Waals surface area (Å²) < 4.78 is 0. The summed E-state index contributed by atoms with van der Waals surface area (Å²) in [6.07, 6.45) is 4.25. The Labute approximate surface area is 130 Å². The number of nitrogens with zero attached hydrogens (tertiary/aromatic N) is 1. The maximum Gasteiger partial charge on any atom is 0.267 e. The Morgan fingerprint density at radius 3 is 2.64 bits per heavy atom. The highest BCUT2D eigenvalue weighted by atomic mass is 16.3. The zero-order valence-electron chi connectivity index (χ0n) is 13.1. The molecule has 0 aliphatic carbocycles. The van der Waals surface area contributed by atoms with Gasteiger partial charge >= 0.3 is 0 Å².